The molecule has 0 radical (unpaired) electrons. The van der Waals surface area contributed by atoms with Crippen LogP contribution in [0.4, 0.5) is 0 Å². The minimum atomic E-state index is -1.12. The summed E-state index contributed by atoms with van der Waals surface area (Å²) in [6, 6.07) is -2.67. The number of rotatable bonds is 14. The first-order valence-corrected chi connectivity index (χ1v) is 13.2. The second-order valence-corrected chi connectivity index (χ2v) is 9.83. The van der Waals surface area contributed by atoms with Gasteiger partial charge in [-0.2, -0.15) is 0 Å². The van der Waals surface area contributed by atoms with E-state index in [0.717, 1.165) is 19.3 Å². The molecule has 0 aromatic heterocycles. The van der Waals surface area contributed by atoms with Crippen LogP contribution >= 0.6 is 0 Å². The second kappa shape index (κ2) is 15.8. The Morgan fingerprint density at radius 2 is 1.81 bits per heavy atom. The molecule has 37 heavy (non-hydrogen) atoms. The second-order valence-electron chi connectivity index (χ2n) is 9.83. The third-order valence-electron chi connectivity index (χ3n) is 7.03. The van der Waals surface area contributed by atoms with Crippen molar-refractivity contribution in [2.24, 2.45) is 22.4 Å². The molecule has 3 amide bonds. The molecular weight excluding hydrogens is 480 g/mol. The van der Waals surface area contributed by atoms with Gasteiger partial charge in [-0.25, -0.2) is 0 Å². The van der Waals surface area contributed by atoms with Gasteiger partial charge in [0.2, 0.25) is 17.7 Å². The molecular formula is C25H42N6O6. The van der Waals surface area contributed by atoms with E-state index in [1.54, 1.807) is 0 Å². The van der Waals surface area contributed by atoms with Crippen molar-refractivity contribution in [2.45, 2.75) is 95.2 Å². The van der Waals surface area contributed by atoms with Crippen molar-refractivity contribution in [1.29, 1.82) is 0 Å². The number of nitrogens with one attached hydrogen (secondary N) is 2. The average Bonchev–Trinajstić information content (AvgIpc) is 3.39. The number of esters is 1. The maximum absolute atomic E-state index is 13.4. The van der Waals surface area contributed by atoms with Gasteiger partial charge in [0.25, 0.3) is 0 Å². The Kier molecular flexibility index (Phi) is 12.9. The van der Waals surface area contributed by atoms with Crippen LogP contribution in [-0.4, -0.2) is 79.2 Å². The highest BCUT2D eigenvalue weighted by Crippen LogP contribution is 2.27. The van der Waals surface area contributed by atoms with Crippen molar-refractivity contribution in [3.63, 3.8) is 0 Å². The van der Waals surface area contributed by atoms with Gasteiger partial charge in [-0.1, -0.05) is 32.1 Å². The Morgan fingerprint density at radius 3 is 2.46 bits per heavy atom. The summed E-state index contributed by atoms with van der Waals surface area (Å²) in [5.74, 6) is -1.43. The van der Waals surface area contributed by atoms with Crippen molar-refractivity contribution in [3.8, 4) is 0 Å². The molecule has 0 unspecified atom stereocenters. The number of hydrogen-bond acceptors (Lipinski definition) is 7. The van der Waals surface area contributed by atoms with Crippen LogP contribution in [0.2, 0.25) is 0 Å². The highest BCUT2D eigenvalue weighted by atomic mass is 16.5. The van der Waals surface area contributed by atoms with E-state index in [2.05, 4.69) is 15.6 Å². The molecule has 0 bridgehead atoms. The Balaban J connectivity index is 1.98. The van der Waals surface area contributed by atoms with Gasteiger partial charge in [-0.3, -0.25) is 24.2 Å². The van der Waals surface area contributed by atoms with Crippen molar-refractivity contribution < 1.29 is 28.7 Å². The molecule has 208 valence electrons. The summed E-state index contributed by atoms with van der Waals surface area (Å²) >= 11 is 0. The highest BCUT2D eigenvalue weighted by Gasteiger charge is 2.39. The molecule has 2 aliphatic rings. The normalized spacial score (nSPS) is 19.4. The quantitative estimate of drug-likeness (QED) is 0.0814. The fourth-order valence-corrected chi connectivity index (χ4v) is 5.00. The van der Waals surface area contributed by atoms with E-state index in [1.807, 2.05) is 0 Å². The van der Waals surface area contributed by atoms with Crippen LogP contribution in [0.1, 0.15) is 77.0 Å². The maximum atomic E-state index is 13.4. The van der Waals surface area contributed by atoms with E-state index in [0.29, 0.717) is 51.0 Å². The van der Waals surface area contributed by atoms with Crippen LogP contribution in [-0.2, 0) is 28.7 Å². The van der Waals surface area contributed by atoms with E-state index in [-0.39, 0.29) is 24.7 Å². The number of methoxy groups -OCH3 is 1. The van der Waals surface area contributed by atoms with Crippen LogP contribution in [0.15, 0.2) is 4.99 Å². The van der Waals surface area contributed by atoms with Crippen LogP contribution < -0.4 is 22.1 Å². The smallest absolute Gasteiger partial charge is 0.308 e. The molecule has 1 heterocycles. The molecule has 0 spiro atoms. The number of nitrogens with zero attached hydrogens (tertiary/aromatic N) is 2. The number of guanidine groups is 1. The lowest BCUT2D eigenvalue weighted by Crippen LogP contribution is -2.55. The lowest BCUT2D eigenvalue weighted by atomic mass is 9.86. The minimum absolute atomic E-state index is 0.0469. The predicted octanol–water partition coefficient (Wildman–Crippen LogP) is 0.123. The van der Waals surface area contributed by atoms with Gasteiger partial charge in [-0.15, -0.1) is 0 Å². The molecule has 2 fully saturated rings. The molecule has 6 N–H and O–H groups in total. The lowest BCUT2D eigenvalue weighted by molar-refractivity contribution is -0.147. The van der Waals surface area contributed by atoms with Gasteiger partial charge in [0.05, 0.1) is 19.6 Å². The van der Waals surface area contributed by atoms with Crippen LogP contribution in [0.25, 0.3) is 0 Å². The molecule has 12 heteroatoms. The molecule has 3 atom stereocenters. The van der Waals surface area contributed by atoms with Crippen molar-refractivity contribution in [2.75, 3.05) is 20.2 Å². The van der Waals surface area contributed by atoms with Crippen molar-refractivity contribution >= 4 is 35.9 Å². The molecule has 1 saturated heterocycles. The SMILES string of the molecule is COC(=O)C[C@@H](NC(=O)CCC1CCCCC1)C(=O)N1CCC[C@H]1C(=O)N[C@@H](C=O)CCCN=C(N)N. The van der Waals surface area contributed by atoms with Crippen LogP contribution in [0.5, 0.6) is 0 Å². The number of nitrogens with two attached hydrogens (primary N) is 2. The molecule has 1 aliphatic carbocycles. The van der Waals surface area contributed by atoms with Gasteiger partial charge in [0, 0.05) is 19.5 Å². The van der Waals surface area contributed by atoms with E-state index in [1.165, 1.54) is 31.3 Å². The summed E-state index contributed by atoms with van der Waals surface area (Å²) in [5, 5.41) is 5.38. The first-order valence-electron chi connectivity index (χ1n) is 13.2. The van der Waals surface area contributed by atoms with Crippen LogP contribution in [0, 0.1) is 5.92 Å². The van der Waals surface area contributed by atoms with Crippen LogP contribution in [0.3, 0.4) is 0 Å². The zero-order valence-corrected chi connectivity index (χ0v) is 21.8. The number of hydrogen-bond donors (Lipinski definition) is 4. The molecule has 1 aliphatic heterocycles. The van der Waals surface area contributed by atoms with E-state index in [9.17, 15) is 24.0 Å². The predicted molar refractivity (Wildman–Crippen MR) is 137 cm³/mol. The fourth-order valence-electron chi connectivity index (χ4n) is 5.00. The molecule has 12 nitrogen and oxygen atoms in total. The largest absolute Gasteiger partial charge is 0.469 e. The maximum Gasteiger partial charge on any atom is 0.308 e. The summed E-state index contributed by atoms with van der Waals surface area (Å²) in [5.41, 5.74) is 10.6. The fraction of sp³-hybridized carbons (Fsp3) is 0.760. The van der Waals surface area contributed by atoms with E-state index >= 15 is 0 Å². The van der Waals surface area contributed by atoms with E-state index < -0.39 is 35.9 Å². The summed E-state index contributed by atoms with van der Waals surface area (Å²) in [4.78, 5) is 67.8. The number of amides is 3. The number of aliphatic imine (C=N–C) groups is 1. The van der Waals surface area contributed by atoms with Gasteiger partial charge in [0.1, 0.15) is 18.4 Å². The number of ether oxygens (including phenoxy) is 1. The lowest BCUT2D eigenvalue weighted by Gasteiger charge is -2.29. The van der Waals surface area contributed by atoms with E-state index in [4.69, 9.17) is 16.2 Å². The third-order valence-corrected chi connectivity index (χ3v) is 7.03. The zero-order chi connectivity index (χ0) is 27.2. The first-order chi connectivity index (χ1) is 17.7. The Labute approximate surface area is 218 Å². The molecule has 1 saturated carbocycles. The first kappa shape index (κ1) is 30.0. The molecule has 0 aromatic rings. The van der Waals surface area contributed by atoms with Gasteiger partial charge in [0.15, 0.2) is 5.96 Å². The number of aldehydes is 1. The summed E-state index contributed by atoms with van der Waals surface area (Å²) < 4.78 is 4.73. The molecule has 2 rings (SSSR count). The number of likely N-dealkylation sites (tertiary alicyclic amines) is 1. The Bertz CT molecular complexity index is 824. The monoisotopic (exact) mass is 522 g/mol. The standard InChI is InChI=1S/C25H42N6O6/c1-37-22(34)15-19(30-21(33)12-11-17-7-3-2-4-8-17)24(36)31-14-6-10-20(31)23(35)29-18(16-32)9-5-13-28-25(26)27/h16-20H,2-15H2,1H3,(H,29,35)(H,30,33)(H4,26,27,28)/t18-,19-,20+/m1/s1. The topological polar surface area (TPSA) is 186 Å². The van der Waals surface area contributed by atoms with Crippen molar-refractivity contribution in [1.82, 2.24) is 15.5 Å². The minimum Gasteiger partial charge on any atom is -0.469 e. The summed E-state index contributed by atoms with van der Waals surface area (Å²) in [6.45, 7) is 0.634. The number of carbonyl (C=O) groups is 5. The Morgan fingerprint density at radius 1 is 1.08 bits per heavy atom. The third kappa shape index (κ3) is 10.4. The van der Waals surface area contributed by atoms with Crippen molar-refractivity contribution in [3.05, 3.63) is 0 Å². The Hall–Kier alpha value is -3.18. The zero-order valence-electron chi connectivity index (χ0n) is 21.8. The van der Waals surface area contributed by atoms with Gasteiger partial charge < -0.3 is 36.5 Å². The number of carbonyl (C=O) groups excluding carboxylic acids is 5. The van der Waals surface area contributed by atoms with Gasteiger partial charge >= 0.3 is 5.97 Å². The van der Waals surface area contributed by atoms with Gasteiger partial charge in [-0.05, 0) is 38.0 Å². The highest BCUT2D eigenvalue weighted by molar-refractivity contribution is 5.95. The summed E-state index contributed by atoms with van der Waals surface area (Å²) in [7, 11) is 1.22. The molecule has 0 aromatic carbocycles. The summed E-state index contributed by atoms with van der Waals surface area (Å²) in [6.07, 6.45) is 8.97. The average molecular weight is 523 g/mol.